The van der Waals surface area contributed by atoms with Crippen LogP contribution in [0.15, 0.2) is 42.5 Å². The number of nitrogens with one attached hydrogen (secondary N) is 2. The molecule has 4 nitrogen and oxygen atoms in total. The van der Waals surface area contributed by atoms with Crippen molar-refractivity contribution in [1.82, 2.24) is 5.32 Å². The van der Waals surface area contributed by atoms with Crippen molar-refractivity contribution < 1.29 is 9.53 Å². The average molecular weight is 333 g/mol. The second-order valence-electron chi connectivity index (χ2n) is 5.24. The zero-order valence-electron chi connectivity index (χ0n) is 13.4. The first-order valence-electron chi connectivity index (χ1n) is 7.49. The number of amides is 1. The third-order valence-corrected chi connectivity index (χ3v) is 3.89. The summed E-state index contributed by atoms with van der Waals surface area (Å²) in [6.07, 6.45) is 0.387. The molecular weight excluding hydrogens is 312 g/mol. The van der Waals surface area contributed by atoms with Crippen LogP contribution in [0.25, 0.3) is 0 Å². The van der Waals surface area contributed by atoms with E-state index in [0.29, 0.717) is 30.3 Å². The topological polar surface area (TPSA) is 50.4 Å². The Bertz CT molecular complexity index is 660. The molecule has 0 aromatic heterocycles. The minimum absolute atomic E-state index is 0.00556. The summed E-state index contributed by atoms with van der Waals surface area (Å²) in [6, 6.07) is 13.5. The molecule has 0 fully saturated rings. The second kappa shape index (κ2) is 8.44. The lowest BCUT2D eigenvalue weighted by molar-refractivity contribution is -0.121. The molecule has 0 atom stereocenters. The number of hydrogen-bond acceptors (Lipinski definition) is 3. The molecule has 1 amide bonds. The van der Waals surface area contributed by atoms with Gasteiger partial charge in [-0.2, -0.15) is 0 Å². The van der Waals surface area contributed by atoms with Gasteiger partial charge in [0.1, 0.15) is 5.75 Å². The van der Waals surface area contributed by atoms with Crippen LogP contribution in [0.5, 0.6) is 5.75 Å². The van der Waals surface area contributed by atoms with Crippen molar-refractivity contribution in [3.63, 3.8) is 0 Å². The molecule has 2 N–H and O–H groups in total. The van der Waals surface area contributed by atoms with E-state index in [2.05, 4.69) is 10.6 Å². The van der Waals surface area contributed by atoms with Gasteiger partial charge < -0.3 is 15.4 Å². The molecule has 0 unspecified atom stereocenters. The zero-order chi connectivity index (χ0) is 16.7. The lowest BCUT2D eigenvalue weighted by Crippen LogP contribution is -2.24. The summed E-state index contributed by atoms with van der Waals surface area (Å²) in [4.78, 5) is 11.9. The third kappa shape index (κ3) is 5.18. The van der Waals surface area contributed by atoms with E-state index in [-0.39, 0.29) is 5.91 Å². The minimum Gasteiger partial charge on any atom is -0.495 e. The van der Waals surface area contributed by atoms with Gasteiger partial charge >= 0.3 is 0 Å². The maximum atomic E-state index is 11.9. The van der Waals surface area contributed by atoms with E-state index in [1.54, 1.807) is 13.2 Å². The summed E-state index contributed by atoms with van der Waals surface area (Å²) in [5.41, 5.74) is 2.89. The Kier molecular flexibility index (Phi) is 6.29. The Hall–Kier alpha value is -2.20. The highest BCUT2D eigenvalue weighted by molar-refractivity contribution is 6.31. The molecule has 2 aromatic carbocycles. The summed E-state index contributed by atoms with van der Waals surface area (Å²) in [7, 11) is 1.60. The van der Waals surface area contributed by atoms with Crippen LogP contribution in [0.4, 0.5) is 5.69 Å². The third-order valence-electron chi connectivity index (χ3n) is 3.48. The van der Waals surface area contributed by atoms with Gasteiger partial charge in [-0.05, 0) is 24.1 Å². The molecule has 5 heteroatoms. The first-order valence-corrected chi connectivity index (χ1v) is 7.86. The molecule has 2 aromatic rings. The van der Waals surface area contributed by atoms with E-state index >= 15 is 0 Å². The molecule has 0 aliphatic rings. The van der Waals surface area contributed by atoms with Gasteiger partial charge in [-0.15, -0.1) is 0 Å². The molecule has 0 spiro atoms. The predicted molar refractivity (Wildman–Crippen MR) is 94.1 cm³/mol. The Morgan fingerprint density at radius 3 is 2.65 bits per heavy atom. The van der Waals surface area contributed by atoms with Crippen LogP contribution in [0.2, 0.25) is 5.02 Å². The fourth-order valence-electron chi connectivity index (χ4n) is 2.17. The normalized spacial score (nSPS) is 10.2. The first-order chi connectivity index (χ1) is 11.1. The van der Waals surface area contributed by atoms with Gasteiger partial charge in [-0.25, -0.2) is 0 Å². The number of ether oxygens (including phenoxy) is 1. The number of aryl methyl sites for hydroxylation is 1. The van der Waals surface area contributed by atoms with Crippen LogP contribution < -0.4 is 15.4 Å². The van der Waals surface area contributed by atoms with Crippen molar-refractivity contribution in [3.05, 3.63) is 58.6 Å². The predicted octanol–water partition coefficient (Wildman–Crippen LogP) is 3.78. The van der Waals surface area contributed by atoms with E-state index in [4.69, 9.17) is 16.3 Å². The van der Waals surface area contributed by atoms with Gasteiger partial charge in [0.25, 0.3) is 0 Å². The fraction of sp³-hybridized carbons (Fsp3) is 0.278. The van der Waals surface area contributed by atoms with Crippen LogP contribution >= 0.6 is 11.6 Å². The van der Waals surface area contributed by atoms with Crippen LogP contribution in [-0.4, -0.2) is 19.6 Å². The number of hydrogen-bond donors (Lipinski definition) is 2. The van der Waals surface area contributed by atoms with Gasteiger partial charge in [-0.1, -0.05) is 41.9 Å². The second-order valence-corrected chi connectivity index (χ2v) is 5.65. The molecule has 0 bridgehead atoms. The van der Waals surface area contributed by atoms with E-state index in [1.807, 2.05) is 43.3 Å². The van der Waals surface area contributed by atoms with Crippen molar-refractivity contribution in [2.75, 3.05) is 19.0 Å². The monoisotopic (exact) mass is 332 g/mol. The molecule has 122 valence electrons. The van der Waals surface area contributed by atoms with Crippen molar-refractivity contribution in [2.24, 2.45) is 0 Å². The minimum atomic E-state index is 0.00556. The standard InChI is InChI=1S/C18H21ClN2O2/c1-13-10-16(17(23-2)11-15(13)19)20-9-8-18(22)21-12-14-6-4-3-5-7-14/h3-7,10-11,20H,8-9,12H2,1-2H3,(H,21,22). The lowest BCUT2D eigenvalue weighted by Gasteiger charge is -2.13. The van der Waals surface area contributed by atoms with Crippen molar-refractivity contribution >= 4 is 23.2 Å². The maximum absolute atomic E-state index is 11.9. The number of methoxy groups -OCH3 is 1. The van der Waals surface area contributed by atoms with E-state index in [0.717, 1.165) is 16.8 Å². The summed E-state index contributed by atoms with van der Waals surface area (Å²) >= 11 is 6.08. The number of carbonyl (C=O) groups is 1. The highest BCUT2D eigenvalue weighted by Gasteiger charge is 2.07. The molecule has 0 radical (unpaired) electrons. The van der Waals surface area contributed by atoms with Crippen LogP contribution in [0, 0.1) is 6.92 Å². The van der Waals surface area contributed by atoms with E-state index < -0.39 is 0 Å². The Morgan fingerprint density at radius 1 is 1.22 bits per heavy atom. The van der Waals surface area contributed by atoms with E-state index in [9.17, 15) is 4.79 Å². The number of anilines is 1. The van der Waals surface area contributed by atoms with Gasteiger partial charge in [-0.3, -0.25) is 4.79 Å². The quantitative estimate of drug-likeness (QED) is 0.811. The molecule has 0 saturated carbocycles. The lowest BCUT2D eigenvalue weighted by atomic mass is 10.2. The molecular formula is C18H21ClN2O2. The SMILES string of the molecule is COc1cc(Cl)c(C)cc1NCCC(=O)NCc1ccccc1. The largest absolute Gasteiger partial charge is 0.495 e. The first kappa shape index (κ1) is 17.2. The number of benzene rings is 2. The molecule has 0 aliphatic carbocycles. The molecule has 0 heterocycles. The Morgan fingerprint density at radius 2 is 1.96 bits per heavy atom. The maximum Gasteiger partial charge on any atom is 0.222 e. The van der Waals surface area contributed by atoms with Gasteiger partial charge in [0.2, 0.25) is 5.91 Å². The van der Waals surface area contributed by atoms with Crippen molar-refractivity contribution in [2.45, 2.75) is 19.9 Å². The zero-order valence-corrected chi connectivity index (χ0v) is 14.1. The van der Waals surface area contributed by atoms with Crippen molar-refractivity contribution in [1.29, 1.82) is 0 Å². The molecule has 23 heavy (non-hydrogen) atoms. The van der Waals surface area contributed by atoms with E-state index in [1.165, 1.54) is 0 Å². The van der Waals surface area contributed by atoms with Gasteiger partial charge in [0.05, 0.1) is 12.8 Å². The van der Waals surface area contributed by atoms with Crippen LogP contribution in [0.1, 0.15) is 17.5 Å². The van der Waals surface area contributed by atoms with Crippen LogP contribution in [0.3, 0.4) is 0 Å². The highest BCUT2D eigenvalue weighted by Crippen LogP contribution is 2.30. The fourth-order valence-corrected chi connectivity index (χ4v) is 2.32. The summed E-state index contributed by atoms with van der Waals surface area (Å²) in [5.74, 6) is 0.677. The Balaban J connectivity index is 1.80. The summed E-state index contributed by atoms with van der Waals surface area (Å²) < 4.78 is 5.30. The average Bonchev–Trinajstić information content (AvgIpc) is 2.57. The summed E-state index contributed by atoms with van der Waals surface area (Å²) in [5, 5.41) is 6.78. The Labute approximate surface area is 141 Å². The molecule has 0 saturated heterocycles. The van der Waals surface area contributed by atoms with Crippen molar-refractivity contribution in [3.8, 4) is 5.75 Å². The smallest absolute Gasteiger partial charge is 0.222 e. The molecule has 0 aliphatic heterocycles. The number of halogens is 1. The van der Waals surface area contributed by atoms with Gasteiger partial charge in [0, 0.05) is 30.6 Å². The van der Waals surface area contributed by atoms with Gasteiger partial charge in [0.15, 0.2) is 0 Å². The number of rotatable bonds is 7. The molecule has 2 rings (SSSR count). The number of carbonyl (C=O) groups excluding carboxylic acids is 1. The van der Waals surface area contributed by atoms with Crippen LogP contribution in [-0.2, 0) is 11.3 Å². The highest BCUT2D eigenvalue weighted by atomic mass is 35.5. The summed E-state index contributed by atoms with van der Waals surface area (Å²) in [6.45, 7) is 3.00.